The lowest BCUT2D eigenvalue weighted by molar-refractivity contribution is -0.116. The number of imidazole rings is 1. The van der Waals surface area contributed by atoms with E-state index in [0.717, 1.165) is 10.1 Å². The zero-order chi connectivity index (χ0) is 22.3. The second-order valence-corrected chi connectivity index (χ2v) is 7.68. The van der Waals surface area contributed by atoms with Gasteiger partial charge in [0, 0.05) is 20.2 Å². The predicted octanol–water partition coefficient (Wildman–Crippen LogP) is 1.62. The number of aromatic nitrogens is 6. The quantitative estimate of drug-likeness (QED) is 0.485. The van der Waals surface area contributed by atoms with Gasteiger partial charge in [-0.25, -0.2) is 19.0 Å². The monoisotopic (exact) mass is 461 g/mol. The first-order chi connectivity index (χ1) is 14.8. The molecule has 0 fully saturated rings. The van der Waals surface area contributed by atoms with Gasteiger partial charge in [-0.15, -0.1) is 0 Å². The van der Waals surface area contributed by atoms with Gasteiger partial charge in [0.25, 0.3) is 5.56 Å². The van der Waals surface area contributed by atoms with Crippen molar-refractivity contribution in [3.05, 3.63) is 73.2 Å². The van der Waals surface area contributed by atoms with Crippen molar-refractivity contribution >= 4 is 46.1 Å². The number of benzene rings is 1. The average Bonchev–Trinajstić information content (AvgIpc) is 3.33. The third kappa shape index (κ3) is 3.75. The van der Waals surface area contributed by atoms with Crippen molar-refractivity contribution in [3.8, 4) is 0 Å². The van der Waals surface area contributed by atoms with Crippen LogP contribution in [0.25, 0.3) is 11.2 Å². The summed E-state index contributed by atoms with van der Waals surface area (Å²) in [6, 6.07) is 6.84. The van der Waals surface area contributed by atoms with Gasteiger partial charge in [-0.05, 0) is 11.6 Å². The zero-order valence-electron chi connectivity index (χ0n) is 16.5. The third-order valence-electron chi connectivity index (χ3n) is 4.84. The van der Waals surface area contributed by atoms with Crippen molar-refractivity contribution in [3.63, 3.8) is 0 Å². The molecule has 3 aromatic heterocycles. The fourth-order valence-corrected chi connectivity index (χ4v) is 3.64. The lowest BCUT2D eigenvalue weighted by Crippen LogP contribution is -2.42. The molecular weight excluding hydrogens is 445 g/mol. The maximum atomic E-state index is 12.8. The van der Waals surface area contributed by atoms with E-state index in [1.807, 2.05) is 0 Å². The molecule has 0 aliphatic carbocycles. The van der Waals surface area contributed by atoms with Gasteiger partial charge in [-0.3, -0.25) is 14.2 Å². The van der Waals surface area contributed by atoms with Gasteiger partial charge in [0.05, 0.1) is 29.1 Å². The number of amides is 1. The molecule has 0 saturated carbocycles. The molecule has 0 spiro atoms. The van der Waals surface area contributed by atoms with E-state index in [9.17, 15) is 14.4 Å². The smallest absolute Gasteiger partial charge is 0.328 e. The van der Waals surface area contributed by atoms with E-state index in [0.29, 0.717) is 15.9 Å². The van der Waals surface area contributed by atoms with Crippen molar-refractivity contribution < 1.29 is 4.79 Å². The SMILES string of the molecule is Cn1cnc2c1c(=O)n(CC(=O)Nc1ccnn1Cc1cccc(Cl)c1Cl)c(=O)n2C. The first-order valence-electron chi connectivity index (χ1n) is 9.13. The van der Waals surface area contributed by atoms with Gasteiger partial charge in [-0.1, -0.05) is 35.3 Å². The topological polar surface area (TPSA) is 109 Å². The van der Waals surface area contributed by atoms with Gasteiger partial charge in [0.15, 0.2) is 11.2 Å². The second-order valence-electron chi connectivity index (χ2n) is 6.90. The number of anilines is 1. The van der Waals surface area contributed by atoms with Crippen LogP contribution in [0.4, 0.5) is 5.82 Å². The van der Waals surface area contributed by atoms with Crippen molar-refractivity contribution in [1.29, 1.82) is 0 Å². The van der Waals surface area contributed by atoms with Gasteiger partial charge >= 0.3 is 5.69 Å². The summed E-state index contributed by atoms with van der Waals surface area (Å²) in [6.07, 6.45) is 2.95. The van der Waals surface area contributed by atoms with Crippen molar-refractivity contribution in [2.75, 3.05) is 5.32 Å². The Balaban J connectivity index is 1.59. The fourth-order valence-electron chi connectivity index (χ4n) is 3.26. The van der Waals surface area contributed by atoms with Gasteiger partial charge < -0.3 is 9.88 Å². The maximum absolute atomic E-state index is 12.8. The predicted molar refractivity (Wildman–Crippen MR) is 117 cm³/mol. The zero-order valence-corrected chi connectivity index (χ0v) is 18.1. The van der Waals surface area contributed by atoms with Crippen LogP contribution in [0.2, 0.25) is 10.0 Å². The number of rotatable bonds is 5. The van der Waals surface area contributed by atoms with Gasteiger partial charge in [0.1, 0.15) is 12.4 Å². The molecule has 4 rings (SSSR count). The van der Waals surface area contributed by atoms with Gasteiger partial charge in [0.2, 0.25) is 5.91 Å². The standard InChI is InChI=1S/C19H17Cl2N7O3/c1-25-10-22-17-16(25)18(30)27(19(31)26(17)2)9-14(29)24-13-6-7-23-28(13)8-11-4-3-5-12(20)15(11)21/h3-7,10H,8-9H2,1-2H3,(H,24,29). The van der Waals surface area contributed by atoms with Crippen LogP contribution in [0.15, 0.2) is 46.4 Å². The first-order valence-corrected chi connectivity index (χ1v) is 9.89. The van der Waals surface area contributed by atoms with Crippen LogP contribution in [-0.4, -0.2) is 34.4 Å². The Bertz CT molecular complexity index is 1430. The Morgan fingerprint density at radius 3 is 2.71 bits per heavy atom. The number of fused-ring (bicyclic) bond motifs is 1. The van der Waals surface area contributed by atoms with Crippen molar-refractivity contribution in [2.45, 2.75) is 13.1 Å². The van der Waals surface area contributed by atoms with Crippen LogP contribution in [-0.2, 0) is 32.0 Å². The van der Waals surface area contributed by atoms with E-state index >= 15 is 0 Å². The first kappa shape index (κ1) is 20.9. The van der Waals surface area contributed by atoms with Crippen LogP contribution in [0.3, 0.4) is 0 Å². The summed E-state index contributed by atoms with van der Waals surface area (Å²) < 4.78 is 5.14. The minimum atomic E-state index is -0.634. The molecule has 4 aromatic rings. The molecule has 160 valence electrons. The highest BCUT2D eigenvalue weighted by atomic mass is 35.5. The Morgan fingerprint density at radius 1 is 1.16 bits per heavy atom. The Hall–Kier alpha value is -3.37. The number of halogens is 2. The highest BCUT2D eigenvalue weighted by Gasteiger charge is 2.18. The number of carbonyl (C=O) groups is 1. The lowest BCUT2D eigenvalue weighted by Gasteiger charge is -2.12. The summed E-state index contributed by atoms with van der Waals surface area (Å²) in [5.41, 5.74) is -0.0145. The minimum absolute atomic E-state index is 0.232. The molecule has 10 nitrogen and oxygen atoms in total. The number of carbonyl (C=O) groups excluding carboxylic acids is 1. The molecule has 0 saturated heterocycles. The van der Waals surface area contributed by atoms with E-state index in [2.05, 4.69) is 15.4 Å². The van der Waals surface area contributed by atoms with Gasteiger partial charge in [-0.2, -0.15) is 5.10 Å². The van der Waals surface area contributed by atoms with E-state index in [4.69, 9.17) is 23.2 Å². The fraction of sp³-hybridized carbons (Fsp3) is 0.211. The molecule has 1 aromatic carbocycles. The Kier molecular flexibility index (Phi) is 5.42. The Labute approximate surface area is 185 Å². The highest BCUT2D eigenvalue weighted by Crippen LogP contribution is 2.26. The number of nitrogens with zero attached hydrogens (tertiary/aromatic N) is 6. The summed E-state index contributed by atoms with van der Waals surface area (Å²) in [5.74, 6) is -0.174. The third-order valence-corrected chi connectivity index (χ3v) is 5.70. The van der Waals surface area contributed by atoms with E-state index in [1.54, 1.807) is 31.3 Å². The molecule has 3 heterocycles. The number of hydrogen-bond donors (Lipinski definition) is 1. The number of aryl methyl sites for hydroxylation is 2. The molecule has 0 aliphatic heterocycles. The molecule has 12 heteroatoms. The second kappa shape index (κ2) is 8.05. The minimum Gasteiger partial charge on any atom is -0.328 e. The molecule has 0 bridgehead atoms. The maximum Gasteiger partial charge on any atom is 0.332 e. The molecule has 31 heavy (non-hydrogen) atoms. The molecule has 0 atom stereocenters. The van der Waals surface area contributed by atoms with E-state index < -0.39 is 23.7 Å². The largest absolute Gasteiger partial charge is 0.332 e. The van der Waals surface area contributed by atoms with Crippen LogP contribution < -0.4 is 16.6 Å². The van der Waals surface area contributed by atoms with E-state index in [-0.39, 0.29) is 17.7 Å². The van der Waals surface area contributed by atoms with Crippen LogP contribution in [0.5, 0.6) is 0 Å². The average molecular weight is 462 g/mol. The highest BCUT2D eigenvalue weighted by molar-refractivity contribution is 6.42. The molecule has 1 N–H and O–H groups in total. The molecule has 0 radical (unpaired) electrons. The van der Waals surface area contributed by atoms with Crippen molar-refractivity contribution in [2.24, 2.45) is 14.1 Å². The molecule has 0 unspecified atom stereocenters. The van der Waals surface area contributed by atoms with Crippen LogP contribution in [0.1, 0.15) is 5.56 Å². The summed E-state index contributed by atoms with van der Waals surface area (Å²) >= 11 is 12.3. The molecule has 0 aliphatic rings. The summed E-state index contributed by atoms with van der Waals surface area (Å²) in [7, 11) is 3.14. The molecular formula is C19H17Cl2N7O3. The normalized spacial score (nSPS) is 11.2. The summed E-state index contributed by atoms with van der Waals surface area (Å²) in [5, 5.41) is 7.68. The summed E-state index contributed by atoms with van der Waals surface area (Å²) in [4.78, 5) is 42.1. The van der Waals surface area contributed by atoms with Crippen LogP contribution in [0, 0.1) is 0 Å². The van der Waals surface area contributed by atoms with Crippen molar-refractivity contribution in [1.82, 2.24) is 28.5 Å². The Morgan fingerprint density at radius 2 is 1.94 bits per heavy atom. The van der Waals surface area contributed by atoms with Crippen LogP contribution >= 0.6 is 23.2 Å². The number of nitrogens with one attached hydrogen (secondary N) is 1. The molecule has 1 amide bonds. The summed E-state index contributed by atoms with van der Waals surface area (Å²) in [6.45, 7) is -0.194. The van der Waals surface area contributed by atoms with E-state index in [1.165, 1.54) is 33.4 Å². The lowest BCUT2D eigenvalue weighted by atomic mass is 10.2. The number of hydrogen-bond acceptors (Lipinski definition) is 5.